The quantitative estimate of drug-likeness (QED) is 0.854. The van der Waals surface area contributed by atoms with Crippen LogP contribution in [-0.2, 0) is 4.74 Å². The number of carbonyl (C=O) groups is 1. The largest absolute Gasteiger partial charge is 0.375 e. The van der Waals surface area contributed by atoms with Gasteiger partial charge in [0.2, 0.25) is 0 Å². The fraction of sp³-hybridized carbons (Fsp3) is 0.650. The van der Waals surface area contributed by atoms with Crippen molar-refractivity contribution in [3.05, 3.63) is 34.9 Å². The van der Waals surface area contributed by atoms with Gasteiger partial charge < -0.3 is 14.5 Å². The molecule has 1 amide bonds. The van der Waals surface area contributed by atoms with Gasteiger partial charge >= 0.3 is 0 Å². The van der Waals surface area contributed by atoms with Crippen LogP contribution >= 0.6 is 0 Å². The number of rotatable bonds is 3. The highest BCUT2D eigenvalue weighted by Gasteiger charge is 2.27. The lowest BCUT2D eigenvalue weighted by Gasteiger charge is -2.36. The number of likely N-dealkylation sites (tertiary alicyclic amines) is 2. The minimum atomic E-state index is 0.163. The van der Waals surface area contributed by atoms with Crippen molar-refractivity contribution >= 4 is 5.91 Å². The first-order valence-corrected chi connectivity index (χ1v) is 9.23. The lowest BCUT2D eigenvalue weighted by molar-refractivity contribution is -0.0599. The van der Waals surface area contributed by atoms with Crippen molar-refractivity contribution in [3.8, 4) is 0 Å². The van der Waals surface area contributed by atoms with Crippen LogP contribution in [0.25, 0.3) is 0 Å². The second-order valence-corrected chi connectivity index (χ2v) is 7.43. The first kappa shape index (κ1) is 17.4. The van der Waals surface area contributed by atoms with Gasteiger partial charge in [-0.2, -0.15) is 0 Å². The molecule has 1 aromatic carbocycles. The molecule has 3 rings (SSSR count). The molecule has 24 heavy (non-hydrogen) atoms. The van der Waals surface area contributed by atoms with Gasteiger partial charge in [-0.15, -0.1) is 0 Å². The van der Waals surface area contributed by atoms with Gasteiger partial charge in [-0.05, 0) is 69.8 Å². The number of benzene rings is 1. The van der Waals surface area contributed by atoms with E-state index in [4.69, 9.17) is 4.74 Å². The van der Waals surface area contributed by atoms with Crippen molar-refractivity contribution < 1.29 is 9.53 Å². The number of ether oxygens (including phenoxy) is 1. The summed E-state index contributed by atoms with van der Waals surface area (Å²) in [4.78, 5) is 17.0. The molecule has 0 atom stereocenters. The van der Waals surface area contributed by atoms with Gasteiger partial charge in [-0.3, -0.25) is 4.79 Å². The molecule has 2 fully saturated rings. The Bertz CT molecular complexity index is 571. The molecule has 0 radical (unpaired) electrons. The molecule has 0 aliphatic carbocycles. The highest BCUT2D eigenvalue weighted by molar-refractivity contribution is 5.94. The highest BCUT2D eigenvalue weighted by atomic mass is 16.5. The van der Waals surface area contributed by atoms with Crippen LogP contribution < -0.4 is 0 Å². The minimum absolute atomic E-state index is 0.163. The summed E-state index contributed by atoms with van der Waals surface area (Å²) < 4.78 is 6.28. The molecule has 2 aliphatic rings. The van der Waals surface area contributed by atoms with Gasteiger partial charge in [0.1, 0.15) is 0 Å². The molecule has 0 N–H and O–H groups in total. The highest BCUT2D eigenvalue weighted by Crippen LogP contribution is 2.22. The monoisotopic (exact) mass is 330 g/mol. The van der Waals surface area contributed by atoms with Crippen molar-refractivity contribution in [2.24, 2.45) is 0 Å². The van der Waals surface area contributed by atoms with E-state index in [9.17, 15) is 4.79 Å². The fourth-order valence-electron chi connectivity index (χ4n) is 3.65. The van der Waals surface area contributed by atoms with Crippen LogP contribution in [0.4, 0.5) is 0 Å². The molecule has 2 saturated heterocycles. The van der Waals surface area contributed by atoms with Crippen molar-refractivity contribution in [1.82, 2.24) is 9.80 Å². The molecule has 1 aromatic rings. The van der Waals surface area contributed by atoms with E-state index >= 15 is 0 Å². The Labute approximate surface area is 145 Å². The number of nitrogens with zero attached hydrogens (tertiary/aromatic N) is 2. The molecule has 2 heterocycles. The van der Waals surface area contributed by atoms with E-state index in [1.165, 1.54) is 11.1 Å². The van der Waals surface area contributed by atoms with E-state index in [-0.39, 0.29) is 5.91 Å². The number of piperidine rings is 2. The Morgan fingerprint density at radius 2 is 1.54 bits per heavy atom. The Morgan fingerprint density at radius 3 is 2.12 bits per heavy atom. The summed E-state index contributed by atoms with van der Waals surface area (Å²) in [5.74, 6) is 0.163. The van der Waals surface area contributed by atoms with Crippen LogP contribution in [0.2, 0.25) is 0 Å². The second-order valence-electron chi connectivity index (χ2n) is 7.43. The summed E-state index contributed by atoms with van der Waals surface area (Å²) in [6.45, 7) is 8.03. The third-order valence-electron chi connectivity index (χ3n) is 5.53. The van der Waals surface area contributed by atoms with Gasteiger partial charge in [-0.25, -0.2) is 0 Å². The summed E-state index contributed by atoms with van der Waals surface area (Å²) in [6.07, 6.45) is 4.93. The van der Waals surface area contributed by atoms with E-state index in [1.807, 2.05) is 23.1 Å². The van der Waals surface area contributed by atoms with Gasteiger partial charge in [-0.1, -0.05) is 6.07 Å². The summed E-state index contributed by atoms with van der Waals surface area (Å²) in [5, 5.41) is 0. The van der Waals surface area contributed by atoms with Gasteiger partial charge in [0.15, 0.2) is 0 Å². The minimum Gasteiger partial charge on any atom is -0.375 e. The molecule has 0 bridgehead atoms. The van der Waals surface area contributed by atoms with Crippen molar-refractivity contribution in [2.45, 2.75) is 51.7 Å². The van der Waals surface area contributed by atoms with E-state index in [0.29, 0.717) is 12.2 Å². The Kier molecular flexibility index (Phi) is 5.57. The third kappa shape index (κ3) is 4.17. The zero-order chi connectivity index (χ0) is 17.1. The van der Waals surface area contributed by atoms with Crippen LogP contribution in [0.3, 0.4) is 0 Å². The standard InChI is InChI=1S/C20H30N2O2/c1-15-4-5-17(14-16(15)2)20(23)22-12-8-19(9-13-22)24-18-6-10-21(3)11-7-18/h4-5,14,18-19H,6-13H2,1-3H3. The Morgan fingerprint density at radius 1 is 0.958 bits per heavy atom. The zero-order valence-electron chi connectivity index (χ0n) is 15.3. The molecule has 2 aliphatic heterocycles. The summed E-state index contributed by atoms with van der Waals surface area (Å²) >= 11 is 0. The molecule has 0 spiro atoms. The smallest absolute Gasteiger partial charge is 0.253 e. The average molecular weight is 330 g/mol. The molecule has 0 saturated carbocycles. The van der Waals surface area contributed by atoms with Crippen LogP contribution in [0.5, 0.6) is 0 Å². The van der Waals surface area contributed by atoms with E-state index in [1.54, 1.807) is 0 Å². The number of hydrogen-bond donors (Lipinski definition) is 0. The van der Waals surface area contributed by atoms with Crippen molar-refractivity contribution in [1.29, 1.82) is 0 Å². The van der Waals surface area contributed by atoms with Gasteiger partial charge in [0, 0.05) is 31.7 Å². The number of carbonyl (C=O) groups excluding carboxylic acids is 1. The number of aryl methyl sites for hydroxylation is 2. The molecule has 132 valence electrons. The van der Waals surface area contributed by atoms with E-state index in [2.05, 4.69) is 25.8 Å². The maximum Gasteiger partial charge on any atom is 0.253 e. The van der Waals surface area contributed by atoms with Crippen LogP contribution in [0.1, 0.15) is 47.2 Å². The first-order chi connectivity index (χ1) is 11.5. The maximum absolute atomic E-state index is 12.7. The topological polar surface area (TPSA) is 32.8 Å². The Hall–Kier alpha value is -1.39. The van der Waals surface area contributed by atoms with Crippen LogP contribution in [-0.4, -0.2) is 61.1 Å². The number of amides is 1. The first-order valence-electron chi connectivity index (χ1n) is 9.23. The lowest BCUT2D eigenvalue weighted by Crippen LogP contribution is -2.43. The predicted molar refractivity (Wildman–Crippen MR) is 96.4 cm³/mol. The van der Waals surface area contributed by atoms with Gasteiger partial charge in [0.05, 0.1) is 12.2 Å². The normalized spacial score (nSPS) is 21.2. The molecule has 0 unspecified atom stereocenters. The SMILES string of the molecule is Cc1ccc(C(=O)N2CCC(OC3CCN(C)CC3)CC2)cc1C. The van der Waals surface area contributed by atoms with Crippen molar-refractivity contribution in [2.75, 3.05) is 33.2 Å². The van der Waals surface area contributed by atoms with Crippen molar-refractivity contribution in [3.63, 3.8) is 0 Å². The predicted octanol–water partition coefficient (Wildman–Crippen LogP) is 3.02. The lowest BCUT2D eigenvalue weighted by atomic mass is 10.0. The summed E-state index contributed by atoms with van der Waals surface area (Å²) in [6, 6.07) is 6.00. The van der Waals surface area contributed by atoms with Gasteiger partial charge in [0.25, 0.3) is 5.91 Å². The van der Waals surface area contributed by atoms with Crippen LogP contribution in [0.15, 0.2) is 18.2 Å². The average Bonchev–Trinajstić information content (AvgIpc) is 2.59. The zero-order valence-corrected chi connectivity index (χ0v) is 15.3. The van der Waals surface area contributed by atoms with Crippen LogP contribution in [0, 0.1) is 13.8 Å². The fourth-order valence-corrected chi connectivity index (χ4v) is 3.65. The molecule has 4 heteroatoms. The Balaban J connectivity index is 1.49. The summed E-state index contributed by atoms with van der Waals surface area (Å²) in [7, 11) is 2.17. The maximum atomic E-state index is 12.7. The van der Waals surface area contributed by atoms with E-state index in [0.717, 1.165) is 57.4 Å². The summed E-state index contributed by atoms with van der Waals surface area (Å²) in [5.41, 5.74) is 3.23. The second kappa shape index (κ2) is 7.66. The number of hydrogen-bond acceptors (Lipinski definition) is 3. The van der Waals surface area contributed by atoms with E-state index < -0.39 is 0 Å². The third-order valence-corrected chi connectivity index (χ3v) is 5.53. The molecular weight excluding hydrogens is 300 g/mol. The molecule has 0 aromatic heterocycles. The molecular formula is C20H30N2O2. The molecule has 4 nitrogen and oxygen atoms in total.